The third-order valence-corrected chi connectivity index (χ3v) is 5.88. The zero-order chi connectivity index (χ0) is 27.7. The molecule has 0 bridgehead atoms. The van der Waals surface area contributed by atoms with Crippen molar-refractivity contribution >= 4 is 34.7 Å². The van der Waals surface area contributed by atoms with Gasteiger partial charge in [-0.05, 0) is 54.1 Å². The summed E-state index contributed by atoms with van der Waals surface area (Å²) in [7, 11) is 0. The third-order valence-electron chi connectivity index (χ3n) is 5.88. The summed E-state index contributed by atoms with van der Waals surface area (Å²) in [4.78, 5) is 26.0. The van der Waals surface area contributed by atoms with Crippen molar-refractivity contribution in [3.05, 3.63) is 102 Å². The summed E-state index contributed by atoms with van der Waals surface area (Å²) in [5.41, 5.74) is 5.00. The van der Waals surface area contributed by atoms with Crippen LogP contribution in [0.3, 0.4) is 0 Å². The van der Waals surface area contributed by atoms with Crippen LogP contribution in [-0.4, -0.2) is 34.2 Å². The number of carbonyl (C=O) groups is 2. The SMILES string of the molecule is O=C(O)c1cccc(-c2cccc(N/N=C3\C(=O)N(c4ccc(OC(F)(F)F)cc4)c4ccccc43)c2O)c1. The van der Waals surface area contributed by atoms with E-state index < -0.39 is 24.0 Å². The number of hydrazone groups is 1. The molecule has 1 aliphatic heterocycles. The number of rotatable bonds is 6. The average Bonchev–Trinajstić information content (AvgIpc) is 3.18. The van der Waals surface area contributed by atoms with E-state index in [1.54, 1.807) is 48.5 Å². The summed E-state index contributed by atoms with van der Waals surface area (Å²) in [6.07, 6.45) is -4.84. The number of carboxylic acids is 1. The van der Waals surface area contributed by atoms with Gasteiger partial charge in [-0.25, -0.2) is 4.79 Å². The molecule has 4 aromatic carbocycles. The first-order valence-corrected chi connectivity index (χ1v) is 11.4. The molecule has 4 aromatic rings. The number of nitrogens with zero attached hydrogens (tertiary/aromatic N) is 2. The van der Waals surface area contributed by atoms with Gasteiger partial charge in [0.15, 0.2) is 5.71 Å². The second-order valence-electron chi connectivity index (χ2n) is 8.36. The van der Waals surface area contributed by atoms with Gasteiger partial charge in [-0.3, -0.25) is 15.1 Å². The Kier molecular flexibility index (Phi) is 6.40. The molecule has 0 saturated heterocycles. The molecule has 3 N–H and O–H groups in total. The average molecular weight is 533 g/mol. The molecule has 0 radical (unpaired) electrons. The number of alkyl halides is 3. The number of phenolic OH excluding ortho intramolecular Hbond substituents is 1. The second kappa shape index (κ2) is 9.86. The first-order chi connectivity index (χ1) is 18.6. The number of aromatic carboxylic acids is 1. The normalized spacial score (nSPS) is 13.9. The van der Waals surface area contributed by atoms with Gasteiger partial charge in [-0.2, -0.15) is 5.10 Å². The number of ether oxygens (including phenoxy) is 1. The quantitative estimate of drug-likeness (QED) is 0.203. The van der Waals surface area contributed by atoms with Crippen molar-refractivity contribution in [1.29, 1.82) is 0 Å². The number of fused-ring (bicyclic) bond motifs is 1. The predicted molar refractivity (Wildman–Crippen MR) is 137 cm³/mol. The Bertz CT molecular complexity index is 1620. The Hall–Kier alpha value is -5.32. The van der Waals surface area contributed by atoms with E-state index in [1.165, 1.54) is 35.2 Å². The van der Waals surface area contributed by atoms with E-state index in [2.05, 4.69) is 15.3 Å². The van der Waals surface area contributed by atoms with Gasteiger partial charge in [0.1, 0.15) is 11.5 Å². The van der Waals surface area contributed by atoms with Crippen LogP contribution in [0, 0.1) is 0 Å². The lowest BCUT2D eigenvalue weighted by Gasteiger charge is -2.17. The van der Waals surface area contributed by atoms with Crippen LogP contribution in [-0.2, 0) is 4.79 Å². The number of carbonyl (C=O) groups excluding carboxylic acids is 1. The molecule has 0 aliphatic carbocycles. The van der Waals surface area contributed by atoms with E-state index >= 15 is 0 Å². The van der Waals surface area contributed by atoms with E-state index in [-0.39, 0.29) is 22.7 Å². The zero-order valence-corrected chi connectivity index (χ0v) is 19.8. The molecule has 11 heteroatoms. The fraction of sp³-hybridized carbons (Fsp3) is 0.0357. The summed E-state index contributed by atoms with van der Waals surface area (Å²) in [5, 5.41) is 24.4. The Morgan fingerprint density at radius 1 is 0.897 bits per heavy atom. The maximum Gasteiger partial charge on any atom is 0.573 e. The van der Waals surface area contributed by atoms with Crippen LogP contribution in [0.1, 0.15) is 15.9 Å². The fourth-order valence-electron chi connectivity index (χ4n) is 4.16. The van der Waals surface area contributed by atoms with Crippen molar-refractivity contribution in [2.75, 3.05) is 10.3 Å². The van der Waals surface area contributed by atoms with Crippen LogP contribution in [0.15, 0.2) is 96.1 Å². The Morgan fingerprint density at radius 3 is 2.31 bits per heavy atom. The molecule has 0 saturated carbocycles. The van der Waals surface area contributed by atoms with Crippen molar-refractivity contribution in [2.24, 2.45) is 5.10 Å². The monoisotopic (exact) mass is 533 g/mol. The van der Waals surface area contributed by atoms with E-state index in [0.717, 1.165) is 12.1 Å². The number of anilines is 3. The van der Waals surface area contributed by atoms with Gasteiger partial charge in [0.05, 0.1) is 16.9 Å². The van der Waals surface area contributed by atoms with Gasteiger partial charge in [0.25, 0.3) is 5.91 Å². The van der Waals surface area contributed by atoms with Gasteiger partial charge < -0.3 is 14.9 Å². The first kappa shape index (κ1) is 25.3. The van der Waals surface area contributed by atoms with E-state index in [0.29, 0.717) is 28.1 Å². The number of aromatic hydroxyl groups is 1. The van der Waals surface area contributed by atoms with Crippen molar-refractivity contribution in [3.63, 3.8) is 0 Å². The van der Waals surface area contributed by atoms with Crippen LogP contribution < -0.4 is 15.1 Å². The molecule has 0 fully saturated rings. The number of nitrogens with one attached hydrogen (secondary N) is 1. The zero-order valence-electron chi connectivity index (χ0n) is 19.8. The number of halogens is 3. The smallest absolute Gasteiger partial charge is 0.505 e. The number of benzene rings is 4. The van der Waals surface area contributed by atoms with Crippen LogP contribution in [0.2, 0.25) is 0 Å². The molecule has 0 spiro atoms. The number of carboxylic acid groups (broad SMARTS) is 1. The number of hydrogen-bond acceptors (Lipinski definition) is 6. The summed E-state index contributed by atoms with van der Waals surface area (Å²) in [5.74, 6) is -2.29. The van der Waals surface area contributed by atoms with Gasteiger partial charge in [-0.1, -0.05) is 42.5 Å². The number of para-hydroxylation sites is 2. The van der Waals surface area contributed by atoms with E-state index in [9.17, 15) is 33.0 Å². The van der Waals surface area contributed by atoms with Crippen LogP contribution in [0.25, 0.3) is 11.1 Å². The lowest BCUT2D eigenvalue weighted by atomic mass is 10.0. The predicted octanol–water partition coefficient (Wildman–Crippen LogP) is 6.15. The molecule has 196 valence electrons. The highest BCUT2D eigenvalue weighted by molar-refractivity contribution is 6.55. The summed E-state index contributed by atoms with van der Waals surface area (Å²) in [6.45, 7) is 0. The Labute approximate surface area is 219 Å². The first-order valence-electron chi connectivity index (χ1n) is 11.4. The molecule has 0 atom stereocenters. The highest BCUT2D eigenvalue weighted by Gasteiger charge is 2.36. The highest BCUT2D eigenvalue weighted by Crippen LogP contribution is 2.38. The molecule has 1 aliphatic rings. The summed E-state index contributed by atoms with van der Waals surface area (Å²) < 4.78 is 41.5. The fourth-order valence-corrected chi connectivity index (χ4v) is 4.16. The van der Waals surface area contributed by atoms with Crippen molar-refractivity contribution < 1.29 is 37.7 Å². The molecular formula is C28H18F3N3O5. The minimum atomic E-state index is -4.84. The number of phenols is 1. The Morgan fingerprint density at radius 2 is 1.59 bits per heavy atom. The lowest BCUT2D eigenvalue weighted by molar-refractivity contribution is -0.274. The van der Waals surface area contributed by atoms with Crippen LogP contribution in [0.4, 0.5) is 30.2 Å². The molecule has 8 nitrogen and oxygen atoms in total. The number of hydrogen-bond donors (Lipinski definition) is 3. The van der Waals surface area contributed by atoms with Crippen molar-refractivity contribution in [2.45, 2.75) is 6.36 Å². The number of amides is 1. The molecule has 0 aromatic heterocycles. The molecule has 1 heterocycles. The van der Waals surface area contributed by atoms with Gasteiger partial charge >= 0.3 is 12.3 Å². The van der Waals surface area contributed by atoms with Crippen LogP contribution >= 0.6 is 0 Å². The molecule has 0 unspecified atom stereocenters. The maximum absolute atomic E-state index is 13.4. The second-order valence-corrected chi connectivity index (χ2v) is 8.36. The topological polar surface area (TPSA) is 111 Å². The van der Waals surface area contributed by atoms with Gasteiger partial charge in [0.2, 0.25) is 0 Å². The summed E-state index contributed by atoms with van der Waals surface area (Å²) >= 11 is 0. The summed E-state index contributed by atoms with van der Waals surface area (Å²) in [6, 6.07) is 22.5. The van der Waals surface area contributed by atoms with E-state index in [1.807, 2.05) is 0 Å². The standard InChI is InChI=1S/C28H18F3N3O5/c29-28(30,31)39-19-13-11-18(12-14-19)34-23-10-2-1-7-21(23)24(26(34)36)33-32-22-9-4-8-20(25(22)35)16-5-3-6-17(15-16)27(37)38/h1-15,32,35H,(H,37,38)/b33-24-. The molecular weight excluding hydrogens is 515 g/mol. The van der Waals surface area contributed by atoms with Gasteiger partial charge in [-0.15, -0.1) is 13.2 Å². The largest absolute Gasteiger partial charge is 0.573 e. The maximum atomic E-state index is 13.4. The molecule has 39 heavy (non-hydrogen) atoms. The third kappa shape index (κ3) is 5.10. The Balaban J connectivity index is 1.45. The van der Waals surface area contributed by atoms with Crippen molar-refractivity contribution in [1.82, 2.24) is 0 Å². The van der Waals surface area contributed by atoms with Gasteiger partial charge in [0, 0.05) is 16.8 Å². The lowest BCUT2D eigenvalue weighted by Crippen LogP contribution is -2.26. The minimum absolute atomic E-state index is 0.0129. The highest BCUT2D eigenvalue weighted by atomic mass is 19.4. The molecule has 5 rings (SSSR count). The van der Waals surface area contributed by atoms with E-state index in [4.69, 9.17) is 0 Å². The van der Waals surface area contributed by atoms with Crippen LogP contribution in [0.5, 0.6) is 11.5 Å². The minimum Gasteiger partial charge on any atom is -0.505 e. The van der Waals surface area contributed by atoms with Crippen molar-refractivity contribution in [3.8, 4) is 22.6 Å². The molecule has 1 amide bonds.